The third-order valence-electron chi connectivity index (χ3n) is 3.53. The largest absolute Gasteiger partial charge is 0.334 e. The van der Waals surface area contributed by atoms with E-state index in [4.69, 9.17) is 0 Å². The predicted molar refractivity (Wildman–Crippen MR) is 71.9 cm³/mol. The summed E-state index contributed by atoms with van der Waals surface area (Å²) in [5.41, 5.74) is -0.692. The Hall–Kier alpha value is -1.96. The van der Waals surface area contributed by atoms with E-state index >= 15 is 0 Å². The molecule has 2 aliphatic rings. The summed E-state index contributed by atoms with van der Waals surface area (Å²) in [6.07, 6.45) is 1.94. The molecule has 7 nitrogen and oxygen atoms in total. The monoisotopic (exact) mass is 338 g/mol. The lowest BCUT2D eigenvalue weighted by molar-refractivity contribution is -0.123. The first kappa shape index (κ1) is 13.0. The number of nitrogens with zero attached hydrogens (tertiary/aromatic N) is 2. The number of halogens is 1. The molecule has 0 saturated carbocycles. The van der Waals surface area contributed by atoms with Crippen LogP contribution in [0.1, 0.15) is 16.9 Å². The molecule has 0 aromatic carbocycles. The number of nitrogens with one attached hydrogen (secondary N) is 2. The van der Waals surface area contributed by atoms with Crippen LogP contribution in [0.5, 0.6) is 0 Å². The summed E-state index contributed by atoms with van der Waals surface area (Å²) in [7, 11) is 0. The van der Waals surface area contributed by atoms with Gasteiger partial charge in [0.25, 0.3) is 11.8 Å². The fourth-order valence-electron chi connectivity index (χ4n) is 2.49. The Morgan fingerprint density at radius 3 is 2.90 bits per heavy atom. The minimum Gasteiger partial charge on any atom is -0.334 e. The molecule has 104 valence electrons. The summed E-state index contributed by atoms with van der Waals surface area (Å²) in [6, 6.07) is 2.94. The van der Waals surface area contributed by atoms with Gasteiger partial charge in [-0.2, -0.15) is 0 Å². The molecule has 2 N–H and O–H groups in total. The van der Waals surface area contributed by atoms with Crippen molar-refractivity contribution in [2.45, 2.75) is 12.0 Å². The van der Waals surface area contributed by atoms with Crippen LogP contribution in [0.4, 0.5) is 4.79 Å². The average Bonchev–Trinajstić information content (AvgIpc) is 2.95. The number of pyridine rings is 1. The zero-order valence-electron chi connectivity index (χ0n) is 10.4. The second kappa shape index (κ2) is 4.55. The highest BCUT2D eigenvalue weighted by atomic mass is 79.9. The van der Waals surface area contributed by atoms with E-state index in [1.165, 1.54) is 11.1 Å². The molecule has 1 spiro atoms. The summed E-state index contributed by atoms with van der Waals surface area (Å²) < 4.78 is 0.603. The minimum absolute atomic E-state index is 0.159. The molecule has 3 heterocycles. The summed E-state index contributed by atoms with van der Waals surface area (Å²) in [5.74, 6) is -0.638. The average molecular weight is 339 g/mol. The first-order valence-corrected chi connectivity index (χ1v) is 6.84. The zero-order valence-corrected chi connectivity index (χ0v) is 11.9. The van der Waals surface area contributed by atoms with Gasteiger partial charge >= 0.3 is 6.03 Å². The fraction of sp³-hybridized carbons (Fsp3) is 0.333. The number of hydrogen-bond acceptors (Lipinski definition) is 4. The lowest BCUT2D eigenvalue weighted by atomic mass is 9.99. The number of carbonyl (C=O) groups excluding carboxylic acids is 3. The minimum atomic E-state index is -0.992. The summed E-state index contributed by atoms with van der Waals surface area (Å²) in [5, 5.41) is 4.81. The molecule has 2 fully saturated rings. The van der Waals surface area contributed by atoms with Crippen LogP contribution in [0, 0.1) is 0 Å². The standard InChI is InChI=1S/C12H11BrN4O3/c13-7-2-1-4-14-8(7)9(18)17-5-3-12(6-17)10(19)15-11(20)16-12/h1-2,4H,3,5-6H2,(H2,15,16,19,20). The molecule has 1 unspecified atom stereocenters. The number of rotatable bonds is 1. The van der Waals surface area contributed by atoms with Crippen molar-refractivity contribution >= 4 is 33.8 Å². The zero-order chi connectivity index (χ0) is 14.3. The van der Waals surface area contributed by atoms with Crippen molar-refractivity contribution in [3.05, 3.63) is 28.5 Å². The van der Waals surface area contributed by atoms with E-state index in [0.29, 0.717) is 23.1 Å². The first-order valence-electron chi connectivity index (χ1n) is 6.05. The third kappa shape index (κ3) is 1.96. The highest BCUT2D eigenvalue weighted by molar-refractivity contribution is 9.10. The van der Waals surface area contributed by atoms with Crippen LogP contribution >= 0.6 is 15.9 Å². The number of carbonyl (C=O) groups is 3. The number of hydrogen-bond donors (Lipinski definition) is 2. The molecule has 20 heavy (non-hydrogen) atoms. The molecular weight excluding hydrogens is 328 g/mol. The van der Waals surface area contributed by atoms with E-state index in [-0.39, 0.29) is 18.4 Å². The molecule has 3 rings (SSSR count). The Labute approximate surface area is 122 Å². The van der Waals surface area contributed by atoms with Crippen molar-refractivity contribution in [1.82, 2.24) is 20.5 Å². The predicted octanol–water partition coefficient (Wildman–Crippen LogP) is 0.268. The van der Waals surface area contributed by atoms with Gasteiger partial charge in [-0.05, 0) is 34.5 Å². The van der Waals surface area contributed by atoms with Gasteiger partial charge in [-0.3, -0.25) is 14.9 Å². The highest BCUT2D eigenvalue weighted by Crippen LogP contribution is 2.26. The second-order valence-electron chi connectivity index (χ2n) is 4.80. The SMILES string of the molecule is O=C1NC(=O)C2(CCN(C(=O)c3ncccc3Br)C2)N1. The van der Waals surface area contributed by atoms with Gasteiger partial charge in [-0.15, -0.1) is 0 Å². The maximum atomic E-state index is 12.4. The van der Waals surface area contributed by atoms with E-state index in [1.807, 2.05) is 0 Å². The topological polar surface area (TPSA) is 91.4 Å². The third-order valence-corrected chi connectivity index (χ3v) is 4.17. The molecule has 0 aliphatic carbocycles. The van der Waals surface area contributed by atoms with E-state index in [1.54, 1.807) is 12.1 Å². The molecule has 1 aromatic rings. The van der Waals surface area contributed by atoms with E-state index < -0.39 is 11.6 Å². The van der Waals surface area contributed by atoms with Gasteiger partial charge in [-0.25, -0.2) is 9.78 Å². The molecule has 8 heteroatoms. The van der Waals surface area contributed by atoms with Gasteiger partial charge in [0.2, 0.25) is 0 Å². The Morgan fingerprint density at radius 2 is 2.25 bits per heavy atom. The number of urea groups is 1. The van der Waals surface area contributed by atoms with Crippen LogP contribution in [-0.2, 0) is 4.79 Å². The Morgan fingerprint density at radius 1 is 1.45 bits per heavy atom. The second-order valence-corrected chi connectivity index (χ2v) is 5.66. The Kier molecular flexibility index (Phi) is 2.97. The van der Waals surface area contributed by atoms with Crippen molar-refractivity contribution in [2.75, 3.05) is 13.1 Å². The first-order chi connectivity index (χ1) is 9.52. The number of amides is 4. The number of aromatic nitrogens is 1. The van der Waals surface area contributed by atoms with Gasteiger partial charge in [0.05, 0.1) is 6.54 Å². The normalized spacial score (nSPS) is 24.9. The van der Waals surface area contributed by atoms with Crippen LogP contribution in [0.2, 0.25) is 0 Å². The summed E-state index contributed by atoms with van der Waals surface area (Å²) >= 11 is 3.28. The van der Waals surface area contributed by atoms with E-state index in [2.05, 4.69) is 31.5 Å². The maximum Gasteiger partial charge on any atom is 0.322 e. The van der Waals surface area contributed by atoms with Crippen LogP contribution in [0.25, 0.3) is 0 Å². The van der Waals surface area contributed by atoms with Crippen LogP contribution in [0.3, 0.4) is 0 Å². The lowest BCUT2D eigenvalue weighted by Crippen LogP contribution is -2.49. The number of likely N-dealkylation sites (tertiary alicyclic amines) is 1. The maximum absolute atomic E-state index is 12.4. The smallest absolute Gasteiger partial charge is 0.322 e. The number of imide groups is 1. The molecule has 4 amide bonds. The van der Waals surface area contributed by atoms with E-state index in [9.17, 15) is 14.4 Å². The van der Waals surface area contributed by atoms with Crippen LogP contribution in [0.15, 0.2) is 22.8 Å². The molecule has 0 radical (unpaired) electrons. The Balaban J connectivity index is 1.81. The van der Waals surface area contributed by atoms with Gasteiger partial charge in [0, 0.05) is 17.2 Å². The molecule has 1 atom stereocenters. The Bertz CT molecular complexity index is 620. The quantitative estimate of drug-likeness (QED) is 0.719. The molecule has 2 aliphatic heterocycles. The van der Waals surface area contributed by atoms with Crippen molar-refractivity contribution < 1.29 is 14.4 Å². The summed E-state index contributed by atoms with van der Waals surface area (Å²) in [4.78, 5) is 41.0. The van der Waals surface area contributed by atoms with E-state index in [0.717, 1.165) is 0 Å². The molecular formula is C12H11BrN4O3. The fourth-order valence-corrected chi connectivity index (χ4v) is 2.92. The van der Waals surface area contributed by atoms with Crippen molar-refractivity contribution in [1.29, 1.82) is 0 Å². The van der Waals surface area contributed by atoms with Gasteiger partial charge < -0.3 is 10.2 Å². The van der Waals surface area contributed by atoms with Gasteiger partial charge in [0.15, 0.2) is 0 Å². The van der Waals surface area contributed by atoms with Crippen LogP contribution < -0.4 is 10.6 Å². The van der Waals surface area contributed by atoms with Crippen molar-refractivity contribution in [3.8, 4) is 0 Å². The van der Waals surface area contributed by atoms with Crippen LogP contribution in [-0.4, -0.2) is 46.4 Å². The van der Waals surface area contributed by atoms with Crippen molar-refractivity contribution in [3.63, 3.8) is 0 Å². The molecule has 2 saturated heterocycles. The lowest BCUT2D eigenvalue weighted by Gasteiger charge is -2.21. The van der Waals surface area contributed by atoms with Gasteiger partial charge in [0.1, 0.15) is 11.2 Å². The summed E-state index contributed by atoms with van der Waals surface area (Å²) in [6.45, 7) is 0.558. The van der Waals surface area contributed by atoms with Gasteiger partial charge in [-0.1, -0.05) is 0 Å². The molecule has 0 bridgehead atoms. The van der Waals surface area contributed by atoms with Crippen molar-refractivity contribution in [2.24, 2.45) is 0 Å². The highest BCUT2D eigenvalue weighted by Gasteiger charge is 2.51. The molecule has 1 aromatic heterocycles.